The smallest absolute Gasteiger partial charge is 0.279 e. The van der Waals surface area contributed by atoms with E-state index < -0.39 is 0 Å². The second-order valence-corrected chi connectivity index (χ2v) is 9.17. The molecule has 1 amide bonds. The molecule has 1 aromatic heterocycles. The van der Waals surface area contributed by atoms with Crippen LogP contribution in [0.4, 0.5) is 5.69 Å². The van der Waals surface area contributed by atoms with Gasteiger partial charge in [-0.25, -0.2) is 4.98 Å². The van der Waals surface area contributed by atoms with E-state index in [1.54, 1.807) is 0 Å². The molecule has 144 valence electrons. The number of carbonyl (C=O) groups is 1. The van der Waals surface area contributed by atoms with Gasteiger partial charge in [-0.1, -0.05) is 36.9 Å². The van der Waals surface area contributed by atoms with Crippen molar-refractivity contribution in [1.82, 2.24) is 9.55 Å². The molecule has 2 heterocycles. The maximum absolute atomic E-state index is 13.5. The van der Waals surface area contributed by atoms with Gasteiger partial charge in [-0.05, 0) is 73.2 Å². The van der Waals surface area contributed by atoms with Crippen molar-refractivity contribution in [1.29, 1.82) is 0 Å². The van der Waals surface area contributed by atoms with Gasteiger partial charge in [0, 0.05) is 16.8 Å². The van der Waals surface area contributed by atoms with E-state index in [2.05, 4.69) is 39.3 Å². The van der Waals surface area contributed by atoms with Crippen molar-refractivity contribution in [3.8, 4) is 0 Å². The summed E-state index contributed by atoms with van der Waals surface area (Å²) in [6.45, 7) is 6.32. The Kier molecular flexibility index (Phi) is 5.10. The molecule has 6 heteroatoms. The normalized spacial score (nSPS) is 20.6. The Bertz CT molecular complexity index is 886. The summed E-state index contributed by atoms with van der Waals surface area (Å²) < 4.78 is 2.94. The van der Waals surface area contributed by atoms with Crippen LogP contribution in [0.25, 0.3) is 0 Å². The van der Waals surface area contributed by atoms with Crippen LogP contribution in [0.3, 0.4) is 0 Å². The van der Waals surface area contributed by atoms with E-state index in [0.717, 1.165) is 34.5 Å². The Balaban J connectivity index is 1.90. The molecular formula is C21H25BrClN3O. The molecule has 2 aliphatic rings. The first-order chi connectivity index (χ1) is 12.9. The third-order valence-corrected chi connectivity index (χ3v) is 6.72. The van der Waals surface area contributed by atoms with Crippen LogP contribution in [0.15, 0.2) is 22.9 Å². The summed E-state index contributed by atoms with van der Waals surface area (Å²) in [6.07, 6.45) is 6.03. The Hall–Kier alpha value is -1.33. The average molecular weight is 451 g/mol. The minimum absolute atomic E-state index is 0.00830. The molecule has 0 bridgehead atoms. The van der Waals surface area contributed by atoms with Gasteiger partial charge in [-0.2, -0.15) is 0 Å². The second kappa shape index (κ2) is 7.25. The number of hydrogen-bond donors (Lipinski definition) is 0. The number of amides is 1. The van der Waals surface area contributed by atoms with Gasteiger partial charge in [0.15, 0.2) is 10.4 Å². The number of halogens is 2. The van der Waals surface area contributed by atoms with Crippen molar-refractivity contribution in [2.24, 2.45) is 5.92 Å². The monoisotopic (exact) mass is 449 g/mol. The van der Waals surface area contributed by atoms with Crippen LogP contribution in [0.1, 0.15) is 79.8 Å². The quantitative estimate of drug-likeness (QED) is 0.537. The fourth-order valence-corrected chi connectivity index (χ4v) is 5.64. The molecule has 2 aromatic rings. The number of fused-ring (bicyclic) bond motifs is 1. The molecule has 0 spiro atoms. The molecule has 1 atom stereocenters. The van der Waals surface area contributed by atoms with Gasteiger partial charge < -0.3 is 4.57 Å². The van der Waals surface area contributed by atoms with E-state index >= 15 is 0 Å². The fraction of sp³-hybridized carbons (Fsp3) is 0.524. The van der Waals surface area contributed by atoms with Gasteiger partial charge in [0.2, 0.25) is 0 Å². The molecule has 0 N–H and O–H groups in total. The van der Waals surface area contributed by atoms with Crippen LogP contribution in [0.5, 0.6) is 0 Å². The van der Waals surface area contributed by atoms with Crippen LogP contribution in [-0.2, 0) is 0 Å². The number of hydrogen-bond acceptors (Lipinski definition) is 2. The van der Waals surface area contributed by atoms with E-state index in [0.29, 0.717) is 16.6 Å². The molecule has 1 saturated carbocycles. The maximum Gasteiger partial charge on any atom is 0.279 e. The Morgan fingerprint density at radius 2 is 1.93 bits per heavy atom. The lowest BCUT2D eigenvalue weighted by Gasteiger charge is -2.36. The molecule has 1 unspecified atom stereocenters. The Morgan fingerprint density at radius 3 is 2.59 bits per heavy atom. The molecular weight excluding hydrogens is 426 g/mol. The number of nitrogens with zero attached hydrogens (tertiary/aromatic N) is 3. The SMILES string of the molecule is Cc1ccc(Cl)cc1N1C(=O)c2nc(Br)n(C(C)C)c2C1C1CCCCC1. The summed E-state index contributed by atoms with van der Waals surface area (Å²) in [5, 5.41) is 0.656. The van der Waals surface area contributed by atoms with Gasteiger partial charge >= 0.3 is 0 Å². The first-order valence-electron chi connectivity index (χ1n) is 9.77. The van der Waals surface area contributed by atoms with Crippen LogP contribution < -0.4 is 4.90 Å². The number of benzene rings is 1. The van der Waals surface area contributed by atoms with Gasteiger partial charge in [-0.3, -0.25) is 9.69 Å². The van der Waals surface area contributed by atoms with Crippen molar-refractivity contribution in [2.45, 2.75) is 65.0 Å². The molecule has 1 aliphatic carbocycles. The van der Waals surface area contributed by atoms with E-state index in [1.165, 1.54) is 19.3 Å². The van der Waals surface area contributed by atoms with Crippen LogP contribution in [0.2, 0.25) is 5.02 Å². The summed E-state index contributed by atoms with van der Waals surface area (Å²) in [6, 6.07) is 6.05. The standard InChI is InChI=1S/C21H25BrClN3O/c1-12(2)25-19-17(24-21(25)22)20(27)26(16-11-15(23)10-9-13(16)3)18(19)14-7-5-4-6-8-14/h9-12,14,18H,4-8H2,1-3H3. The average Bonchev–Trinajstić information content (AvgIpc) is 3.11. The molecule has 4 rings (SSSR count). The first-order valence-corrected chi connectivity index (χ1v) is 10.9. The molecule has 1 fully saturated rings. The third-order valence-electron chi connectivity index (χ3n) is 5.93. The van der Waals surface area contributed by atoms with E-state index in [-0.39, 0.29) is 18.0 Å². The van der Waals surface area contributed by atoms with E-state index in [1.807, 2.05) is 30.0 Å². The highest BCUT2D eigenvalue weighted by atomic mass is 79.9. The van der Waals surface area contributed by atoms with Crippen molar-refractivity contribution in [2.75, 3.05) is 4.90 Å². The summed E-state index contributed by atoms with van der Waals surface area (Å²) >= 11 is 9.89. The van der Waals surface area contributed by atoms with Crippen LogP contribution in [0, 0.1) is 12.8 Å². The molecule has 1 aromatic carbocycles. The number of rotatable bonds is 3. The van der Waals surface area contributed by atoms with Crippen LogP contribution in [-0.4, -0.2) is 15.5 Å². The van der Waals surface area contributed by atoms with Gasteiger partial charge in [0.1, 0.15) is 0 Å². The largest absolute Gasteiger partial charge is 0.317 e. The minimum atomic E-state index is -0.00830. The predicted octanol–water partition coefficient (Wildman–Crippen LogP) is 6.47. The van der Waals surface area contributed by atoms with Gasteiger partial charge in [0.25, 0.3) is 5.91 Å². The van der Waals surface area contributed by atoms with Crippen molar-refractivity contribution >= 4 is 39.1 Å². The summed E-state index contributed by atoms with van der Waals surface area (Å²) in [7, 11) is 0. The second-order valence-electron chi connectivity index (χ2n) is 8.03. The maximum atomic E-state index is 13.5. The lowest BCUT2D eigenvalue weighted by atomic mass is 9.82. The molecule has 0 radical (unpaired) electrons. The van der Waals surface area contributed by atoms with Crippen LogP contribution >= 0.6 is 27.5 Å². The van der Waals surface area contributed by atoms with Crippen molar-refractivity contribution < 1.29 is 4.79 Å². The van der Waals surface area contributed by atoms with Crippen molar-refractivity contribution in [3.63, 3.8) is 0 Å². The first kappa shape index (κ1) is 19.0. The van der Waals surface area contributed by atoms with Gasteiger partial charge in [-0.15, -0.1) is 0 Å². The lowest BCUT2D eigenvalue weighted by molar-refractivity contribution is 0.0977. The Labute approximate surface area is 174 Å². The fourth-order valence-electron chi connectivity index (χ4n) is 4.70. The molecule has 4 nitrogen and oxygen atoms in total. The number of carbonyl (C=O) groups excluding carboxylic acids is 1. The Morgan fingerprint density at radius 1 is 1.22 bits per heavy atom. The zero-order chi connectivity index (χ0) is 19.3. The highest BCUT2D eigenvalue weighted by Gasteiger charge is 2.47. The zero-order valence-electron chi connectivity index (χ0n) is 16.0. The summed E-state index contributed by atoms with van der Waals surface area (Å²) in [5.74, 6) is 0.439. The van der Waals surface area contributed by atoms with E-state index in [4.69, 9.17) is 11.6 Å². The number of imidazole rings is 1. The molecule has 0 saturated heterocycles. The topological polar surface area (TPSA) is 38.1 Å². The van der Waals surface area contributed by atoms with E-state index in [9.17, 15) is 4.79 Å². The summed E-state index contributed by atoms with van der Waals surface area (Å²) in [5.41, 5.74) is 3.63. The third kappa shape index (κ3) is 3.13. The highest BCUT2D eigenvalue weighted by molar-refractivity contribution is 9.10. The summed E-state index contributed by atoms with van der Waals surface area (Å²) in [4.78, 5) is 20.1. The number of aryl methyl sites for hydroxylation is 1. The van der Waals surface area contributed by atoms with Crippen molar-refractivity contribution in [3.05, 3.63) is 44.9 Å². The highest BCUT2D eigenvalue weighted by Crippen LogP contribution is 2.48. The minimum Gasteiger partial charge on any atom is -0.317 e. The predicted molar refractivity (Wildman–Crippen MR) is 113 cm³/mol. The van der Waals surface area contributed by atoms with Gasteiger partial charge in [0.05, 0.1) is 11.7 Å². The molecule has 1 aliphatic heterocycles. The number of anilines is 1. The molecule has 27 heavy (non-hydrogen) atoms. The lowest BCUT2D eigenvalue weighted by Crippen LogP contribution is -2.35. The number of aromatic nitrogens is 2. The zero-order valence-corrected chi connectivity index (χ0v) is 18.3.